The standard InChI is InChI=1S/C23H20NOS/c1-15-9-8-10-16(2)22(15)25-23(26)21-17-11-4-6-13-19(17)24(3)20-14-7-5-12-18(20)21/h4-14H,1-3H3/q+1. The van der Waals surface area contributed by atoms with Gasteiger partial charge in [-0.3, -0.25) is 0 Å². The second-order valence-corrected chi connectivity index (χ2v) is 6.95. The number of ether oxygens (including phenoxy) is 1. The van der Waals surface area contributed by atoms with Gasteiger partial charge in [-0.25, -0.2) is 0 Å². The molecule has 3 aromatic carbocycles. The number of benzene rings is 3. The summed E-state index contributed by atoms with van der Waals surface area (Å²) in [6, 6.07) is 22.8. The second kappa shape index (κ2) is 6.50. The minimum absolute atomic E-state index is 0.510. The zero-order chi connectivity index (χ0) is 18.3. The van der Waals surface area contributed by atoms with Gasteiger partial charge in [0.1, 0.15) is 12.8 Å². The SMILES string of the molecule is Cc1cccc(C)c1OC(=S)c1c2ccccc2[n+](C)c2ccccc12. The van der Waals surface area contributed by atoms with E-state index in [1.165, 1.54) is 0 Å². The molecule has 0 aliphatic rings. The van der Waals surface area contributed by atoms with Crippen molar-refractivity contribution in [3.8, 4) is 5.75 Å². The van der Waals surface area contributed by atoms with Crippen molar-refractivity contribution in [2.75, 3.05) is 0 Å². The normalized spacial score (nSPS) is 11.0. The molecule has 0 atom stereocenters. The van der Waals surface area contributed by atoms with Crippen LogP contribution in [0.4, 0.5) is 0 Å². The van der Waals surface area contributed by atoms with E-state index in [0.29, 0.717) is 5.05 Å². The first-order valence-electron chi connectivity index (χ1n) is 8.66. The molecule has 0 amide bonds. The van der Waals surface area contributed by atoms with Crippen molar-refractivity contribution in [3.63, 3.8) is 0 Å². The summed E-state index contributed by atoms with van der Waals surface area (Å²) in [6.07, 6.45) is 0. The molecule has 0 aliphatic carbocycles. The van der Waals surface area contributed by atoms with Crippen molar-refractivity contribution in [2.24, 2.45) is 7.05 Å². The van der Waals surface area contributed by atoms with Gasteiger partial charge in [0.05, 0.1) is 16.3 Å². The molecule has 0 spiro atoms. The Hall–Kier alpha value is -2.78. The molecule has 0 saturated heterocycles. The molecular weight excluding hydrogens is 338 g/mol. The van der Waals surface area contributed by atoms with Gasteiger partial charge in [-0.05, 0) is 49.3 Å². The summed E-state index contributed by atoms with van der Waals surface area (Å²) >= 11 is 5.79. The number of hydrogen-bond donors (Lipinski definition) is 0. The number of fused-ring (bicyclic) bond motifs is 2. The maximum Gasteiger partial charge on any atom is 0.213 e. The molecule has 2 nitrogen and oxygen atoms in total. The van der Waals surface area contributed by atoms with E-state index in [0.717, 1.165) is 44.2 Å². The van der Waals surface area contributed by atoms with Gasteiger partial charge >= 0.3 is 0 Å². The molecule has 4 rings (SSSR count). The van der Waals surface area contributed by atoms with Crippen LogP contribution in [0.25, 0.3) is 21.8 Å². The molecule has 1 aromatic heterocycles. The van der Waals surface area contributed by atoms with E-state index >= 15 is 0 Å². The van der Waals surface area contributed by atoms with Gasteiger partial charge in [-0.2, -0.15) is 4.57 Å². The Labute approximate surface area is 158 Å². The maximum absolute atomic E-state index is 6.24. The number of rotatable bonds is 2. The first-order valence-corrected chi connectivity index (χ1v) is 9.06. The first-order chi connectivity index (χ1) is 12.6. The Morgan fingerprint density at radius 1 is 0.769 bits per heavy atom. The maximum atomic E-state index is 6.24. The van der Waals surface area contributed by atoms with Crippen LogP contribution in [0.15, 0.2) is 66.7 Å². The largest absolute Gasteiger partial charge is 0.445 e. The highest BCUT2D eigenvalue weighted by Gasteiger charge is 2.21. The second-order valence-electron chi connectivity index (χ2n) is 6.58. The van der Waals surface area contributed by atoms with Gasteiger partial charge in [0.15, 0.2) is 5.05 Å². The fourth-order valence-corrected chi connectivity index (χ4v) is 3.86. The van der Waals surface area contributed by atoms with E-state index in [1.807, 2.05) is 44.2 Å². The topological polar surface area (TPSA) is 13.1 Å². The Morgan fingerprint density at radius 3 is 1.81 bits per heavy atom. The number of aromatic nitrogens is 1. The highest BCUT2D eigenvalue weighted by molar-refractivity contribution is 7.80. The average molecular weight is 358 g/mol. The van der Waals surface area contributed by atoms with Crippen molar-refractivity contribution < 1.29 is 9.30 Å². The van der Waals surface area contributed by atoms with Gasteiger partial charge in [0.25, 0.3) is 0 Å². The quantitative estimate of drug-likeness (QED) is 0.278. The molecule has 0 fully saturated rings. The van der Waals surface area contributed by atoms with Crippen LogP contribution in [0.3, 0.4) is 0 Å². The molecule has 0 saturated carbocycles. The lowest BCUT2D eigenvalue weighted by molar-refractivity contribution is -0.617. The Balaban J connectivity index is 1.98. The Bertz CT molecular complexity index is 1090. The predicted molar refractivity (Wildman–Crippen MR) is 111 cm³/mol. The van der Waals surface area contributed by atoms with Crippen molar-refractivity contribution >= 4 is 39.1 Å². The van der Waals surface area contributed by atoms with Crippen molar-refractivity contribution in [2.45, 2.75) is 13.8 Å². The lowest BCUT2D eigenvalue weighted by Gasteiger charge is -2.15. The van der Waals surface area contributed by atoms with E-state index in [2.05, 4.69) is 48.0 Å². The van der Waals surface area contributed by atoms with E-state index in [-0.39, 0.29) is 0 Å². The molecule has 3 heteroatoms. The minimum atomic E-state index is 0.510. The molecule has 0 bridgehead atoms. The van der Waals surface area contributed by atoms with Crippen LogP contribution < -0.4 is 9.30 Å². The van der Waals surface area contributed by atoms with Gasteiger partial charge in [0, 0.05) is 12.1 Å². The molecule has 128 valence electrons. The monoisotopic (exact) mass is 358 g/mol. The van der Waals surface area contributed by atoms with Crippen molar-refractivity contribution in [1.82, 2.24) is 0 Å². The fourth-order valence-electron chi connectivity index (χ4n) is 3.55. The minimum Gasteiger partial charge on any atom is -0.445 e. The van der Waals surface area contributed by atoms with Gasteiger partial charge < -0.3 is 4.74 Å². The summed E-state index contributed by atoms with van der Waals surface area (Å²) in [7, 11) is 2.09. The highest BCUT2D eigenvalue weighted by Crippen LogP contribution is 2.29. The molecule has 26 heavy (non-hydrogen) atoms. The van der Waals surface area contributed by atoms with Crippen LogP contribution in [0.5, 0.6) is 5.75 Å². The molecule has 0 N–H and O–H groups in total. The summed E-state index contributed by atoms with van der Waals surface area (Å²) in [4.78, 5) is 0. The van der Waals surface area contributed by atoms with Gasteiger partial charge in [-0.1, -0.05) is 42.5 Å². The summed E-state index contributed by atoms with van der Waals surface area (Å²) in [5, 5.41) is 2.71. The van der Waals surface area contributed by atoms with E-state index in [9.17, 15) is 0 Å². The van der Waals surface area contributed by atoms with Crippen LogP contribution in [-0.4, -0.2) is 5.05 Å². The van der Waals surface area contributed by atoms with Crippen molar-refractivity contribution in [3.05, 3.63) is 83.4 Å². The van der Waals surface area contributed by atoms with Crippen LogP contribution in [0, 0.1) is 13.8 Å². The van der Waals surface area contributed by atoms with Crippen LogP contribution in [0.1, 0.15) is 16.7 Å². The third-order valence-electron chi connectivity index (χ3n) is 4.88. The molecule has 0 unspecified atom stereocenters. The first kappa shape index (κ1) is 16.7. The molecule has 1 heterocycles. The fraction of sp³-hybridized carbons (Fsp3) is 0.130. The number of pyridine rings is 1. The molecule has 0 radical (unpaired) electrons. The van der Waals surface area contributed by atoms with Crippen LogP contribution in [0.2, 0.25) is 0 Å². The van der Waals surface area contributed by atoms with Crippen LogP contribution >= 0.6 is 12.2 Å². The van der Waals surface area contributed by atoms with Crippen molar-refractivity contribution in [1.29, 1.82) is 0 Å². The molecule has 0 aliphatic heterocycles. The molecule has 4 aromatic rings. The molecular formula is C23H20NOS+. The lowest BCUT2D eigenvalue weighted by Crippen LogP contribution is -2.31. The Morgan fingerprint density at radius 2 is 1.27 bits per heavy atom. The van der Waals surface area contributed by atoms with E-state index < -0.39 is 0 Å². The predicted octanol–water partition coefficient (Wildman–Crippen LogP) is 5.19. The average Bonchev–Trinajstić information content (AvgIpc) is 2.65. The summed E-state index contributed by atoms with van der Waals surface area (Å²) < 4.78 is 8.44. The number of aryl methyl sites for hydroxylation is 3. The van der Waals surface area contributed by atoms with E-state index in [4.69, 9.17) is 17.0 Å². The zero-order valence-electron chi connectivity index (χ0n) is 15.1. The Kier molecular flexibility index (Phi) is 4.17. The number of nitrogens with zero attached hydrogens (tertiary/aromatic N) is 1. The van der Waals surface area contributed by atoms with E-state index in [1.54, 1.807) is 0 Å². The third kappa shape index (κ3) is 2.65. The highest BCUT2D eigenvalue weighted by atomic mass is 32.1. The summed E-state index contributed by atoms with van der Waals surface area (Å²) in [6.45, 7) is 4.10. The van der Waals surface area contributed by atoms with Crippen LogP contribution in [-0.2, 0) is 7.05 Å². The summed E-state index contributed by atoms with van der Waals surface area (Å²) in [5.74, 6) is 0.846. The van der Waals surface area contributed by atoms with Gasteiger partial charge in [0.2, 0.25) is 11.0 Å². The summed E-state index contributed by atoms with van der Waals surface area (Å²) in [5.41, 5.74) is 5.42. The third-order valence-corrected chi connectivity index (χ3v) is 5.16. The smallest absolute Gasteiger partial charge is 0.213 e. The van der Waals surface area contributed by atoms with Gasteiger partial charge in [-0.15, -0.1) is 0 Å². The lowest BCUT2D eigenvalue weighted by atomic mass is 10.0. The zero-order valence-corrected chi connectivity index (χ0v) is 15.9. The number of para-hydroxylation sites is 3. The number of thiocarbonyl (C=S) groups is 1. The number of hydrogen-bond acceptors (Lipinski definition) is 2.